The molecule has 0 spiro atoms. The molecule has 0 bridgehead atoms. The van der Waals surface area contributed by atoms with E-state index in [1.54, 1.807) is 19.1 Å². The number of nitrogens with one attached hydrogen (secondary N) is 1. The molecule has 0 radical (unpaired) electrons. The van der Waals surface area contributed by atoms with Crippen molar-refractivity contribution >= 4 is 28.3 Å². The average molecular weight is 276 g/mol. The van der Waals surface area contributed by atoms with E-state index in [-0.39, 0.29) is 5.91 Å². The summed E-state index contributed by atoms with van der Waals surface area (Å²) < 4.78 is 4.04. The Morgan fingerprint density at radius 3 is 2.47 bits per heavy atom. The van der Waals surface area contributed by atoms with Crippen molar-refractivity contribution in [1.29, 1.82) is 0 Å². The summed E-state index contributed by atoms with van der Waals surface area (Å²) >= 11 is 1.18. The molecule has 0 aliphatic heterocycles. The van der Waals surface area contributed by atoms with Gasteiger partial charge in [-0.1, -0.05) is 12.1 Å². The Bertz CT molecular complexity index is 589. The SMILES string of the molecule is Cc1nsc(NC(=O)C(C)(C)c2ccc(N)cc2)n1. The Hall–Kier alpha value is -1.95. The van der Waals surface area contributed by atoms with Crippen LogP contribution in [0.4, 0.5) is 10.8 Å². The number of aryl methyl sites for hydroxylation is 1. The minimum atomic E-state index is -0.659. The van der Waals surface area contributed by atoms with Crippen LogP contribution in [0.1, 0.15) is 25.2 Å². The predicted molar refractivity (Wildman–Crippen MR) is 77.2 cm³/mol. The summed E-state index contributed by atoms with van der Waals surface area (Å²) in [5.74, 6) is 0.541. The van der Waals surface area contributed by atoms with Crippen molar-refractivity contribution in [3.05, 3.63) is 35.7 Å². The van der Waals surface area contributed by atoms with Crippen molar-refractivity contribution in [3.8, 4) is 0 Å². The van der Waals surface area contributed by atoms with Gasteiger partial charge in [-0.05, 0) is 38.5 Å². The second-order valence-corrected chi connectivity index (χ2v) is 5.60. The molecular weight excluding hydrogens is 260 g/mol. The van der Waals surface area contributed by atoms with Crippen molar-refractivity contribution in [2.24, 2.45) is 0 Å². The number of carbonyl (C=O) groups is 1. The van der Waals surface area contributed by atoms with Crippen LogP contribution in [0.15, 0.2) is 24.3 Å². The Morgan fingerprint density at radius 2 is 1.95 bits per heavy atom. The van der Waals surface area contributed by atoms with Crippen LogP contribution in [0.3, 0.4) is 0 Å². The number of hydrogen-bond donors (Lipinski definition) is 2. The molecule has 1 aromatic heterocycles. The third-order valence-corrected chi connectivity index (χ3v) is 3.67. The molecule has 0 fully saturated rings. The van der Waals surface area contributed by atoms with E-state index in [1.807, 2.05) is 26.0 Å². The van der Waals surface area contributed by atoms with Crippen molar-refractivity contribution < 1.29 is 4.79 Å². The summed E-state index contributed by atoms with van der Waals surface area (Å²) in [6.07, 6.45) is 0. The Labute approximate surface area is 116 Å². The van der Waals surface area contributed by atoms with Gasteiger partial charge in [0.1, 0.15) is 5.82 Å². The van der Waals surface area contributed by atoms with Crippen LogP contribution < -0.4 is 11.1 Å². The Morgan fingerprint density at radius 1 is 1.32 bits per heavy atom. The van der Waals surface area contributed by atoms with Crippen LogP contribution >= 0.6 is 11.5 Å². The fraction of sp³-hybridized carbons (Fsp3) is 0.308. The van der Waals surface area contributed by atoms with Crippen LogP contribution in [-0.4, -0.2) is 15.3 Å². The van der Waals surface area contributed by atoms with Gasteiger partial charge >= 0.3 is 0 Å². The standard InChI is InChI=1S/C13H16N4OS/c1-8-15-12(19-17-8)16-11(18)13(2,3)9-4-6-10(14)7-5-9/h4-7H,14H2,1-3H3,(H,15,16,17,18). The van der Waals surface area contributed by atoms with Crippen LogP contribution in [-0.2, 0) is 10.2 Å². The normalized spacial score (nSPS) is 11.3. The minimum Gasteiger partial charge on any atom is -0.399 e. The van der Waals surface area contributed by atoms with Crippen molar-refractivity contribution in [2.45, 2.75) is 26.2 Å². The molecule has 1 amide bonds. The lowest BCUT2D eigenvalue weighted by Crippen LogP contribution is -2.34. The Kier molecular flexibility index (Phi) is 3.53. The first-order valence-electron chi connectivity index (χ1n) is 5.87. The maximum absolute atomic E-state index is 12.3. The summed E-state index contributed by atoms with van der Waals surface area (Å²) in [7, 11) is 0. The first-order valence-corrected chi connectivity index (χ1v) is 6.65. The number of nitrogens with two attached hydrogens (primary N) is 1. The monoisotopic (exact) mass is 276 g/mol. The molecule has 1 heterocycles. The van der Waals surface area contributed by atoms with Gasteiger partial charge in [-0.2, -0.15) is 4.37 Å². The molecule has 0 unspecified atom stereocenters. The van der Waals surface area contributed by atoms with E-state index < -0.39 is 5.41 Å². The van der Waals surface area contributed by atoms with Crippen LogP contribution in [0.25, 0.3) is 0 Å². The molecule has 100 valence electrons. The van der Waals surface area contributed by atoms with Crippen LogP contribution in [0.5, 0.6) is 0 Å². The summed E-state index contributed by atoms with van der Waals surface area (Å²) in [6.45, 7) is 5.51. The topological polar surface area (TPSA) is 80.9 Å². The zero-order valence-corrected chi connectivity index (χ0v) is 11.9. The molecule has 6 heteroatoms. The van der Waals surface area contributed by atoms with Gasteiger partial charge in [0, 0.05) is 17.2 Å². The largest absolute Gasteiger partial charge is 0.399 e. The fourth-order valence-corrected chi connectivity index (χ4v) is 2.20. The quantitative estimate of drug-likeness (QED) is 0.843. The lowest BCUT2D eigenvalue weighted by molar-refractivity contribution is -0.120. The summed E-state index contributed by atoms with van der Waals surface area (Å²) in [4.78, 5) is 16.5. The highest BCUT2D eigenvalue weighted by atomic mass is 32.1. The number of anilines is 2. The molecule has 0 saturated heterocycles. The molecule has 19 heavy (non-hydrogen) atoms. The number of carbonyl (C=O) groups excluding carboxylic acids is 1. The van der Waals surface area contributed by atoms with Crippen LogP contribution in [0, 0.1) is 6.92 Å². The van der Waals surface area contributed by atoms with Crippen LogP contribution in [0.2, 0.25) is 0 Å². The van der Waals surface area contributed by atoms with Gasteiger partial charge in [0.05, 0.1) is 5.41 Å². The lowest BCUT2D eigenvalue weighted by Gasteiger charge is -2.23. The van der Waals surface area contributed by atoms with E-state index in [2.05, 4.69) is 14.7 Å². The Balaban J connectivity index is 2.19. The van der Waals surface area contributed by atoms with Gasteiger partial charge in [0.25, 0.3) is 0 Å². The average Bonchev–Trinajstić information content (AvgIpc) is 2.75. The summed E-state index contributed by atoms with van der Waals surface area (Å²) in [6, 6.07) is 7.31. The lowest BCUT2D eigenvalue weighted by atomic mass is 9.83. The van der Waals surface area contributed by atoms with Gasteiger partial charge in [-0.25, -0.2) is 4.98 Å². The van der Waals surface area contributed by atoms with E-state index >= 15 is 0 Å². The number of amides is 1. The smallest absolute Gasteiger partial charge is 0.236 e. The highest BCUT2D eigenvalue weighted by Gasteiger charge is 2.30. The highest BCUT2D eigenvalue weighted by Crippen LogP contribution is 2.26. The molecule has 0 saturated carbocycles. The van der Waals surface area contributed by atoms with E-state index in [4.69, 9.17) is 5.73 Å². The zero-order valence-electron chi connectivity index (χ0n) is 11.1. The number of benzene rings is 1. The van der Waals surface area contributed by atoms with E-state index in [0.29, 0.717) is 16.6 Å². The molecule has 2 rings (SSSR count). The maximum atomic E-state index is 12.3. The third-order valence-electron chi connectivity index (χ3n) is 2.95. The molecule has 3 N–H and O–H groups in total. The molecule has 0 atom stereocenters. The molecular formula is C13H16N4OS. The van der Waals surface area contributed by atoms with Gasteiger partial charge in [-0.3, -0.25) is 10.1 Å². The molecule has 5 nitrogen and oxygen atoms in total. The van der Waals surface area contributed by atoms with Crippen molar-refractivity contribution in [2.75, 3.05) is 11.1 Å². The number of aromatic nitrogens is 2. The molecule has 1 aromatic carbocycles. The van der Waals surface area contributed by atoms with Crippen molar-refractivity contribution in [1.82, 2.24) is 9.36 Å². The highest BCUT2D eigenvalue weighted by molar-refractivity contribution is 7.09. The summed E-state index contributed by atoms with van der Waals surface area (Å²) in [5.41, 5.74) is 6.58. The van der Waals surface area contributed by atoms with E-state index in [0.717, 1.165) is 5.56 Å². The molecule has 2 aromatic rings. The zero-order chi connectivity index (χ0) is 14.0. The predicted octanol–water partition coefficient (Wildman–Crippen LogP) is 2.35. The van der Waals surface area contributed by atoms with E-state index in [1.165, 1.54) is 11.5 Å². The van der Waals surface area contributed by atoms with Gasteiger partial charge in [0.2, 0.25) is 11.0 Å². The second-order valence-electron chi connectivity index (χ2n) is 4.85. The van der Waals surface area contributed by atoms with Gasteiger partial charge in [0.15, 0.2) is 0 Å². The molecule has 0 aliphatic rings. The second kappa shape index (κ2) is 4.97. The minimum absolute atomic E-state index is 0.117. The van der Waals surface area contributed by atoms with E-state index in [9.17, 15) is 4.79 Å². The third kappa shape index (κ3) is 2.90. The summed E-state index contributed by atoms with van der Waals surface area (Å²) in [5, 5.41) is 3.31. The first kappa shape index (κ1) is 13.5. The fourth-order valence-electron chi connectivity index (χ4n) is 1.63. The maximum Gasteiger partial charge on any atom is 0.236 e. The molecule has 0 aliphatic carbocycles. The number of rotatable bonds is 3. The van der Waals surface area contributed by atoms with Gasteiger partial charge in [-0.15, -0.1) is 0 Å². The van der Waals surface area contributed by atoms with Gasteiger partial charge < -0.3 is 5.73 Å². The first-order chi connectivity index (χ1) is 8.89. The number of hydrogen-bond acceptors (Lipinski definition) is 5. The number of nitrogens with zero attached hydrogens (tertiary/aromatic N) is 2. The number of nitrogen functional groups attached to an aromatic ring is 1. The van der Waals surface area contributed by atoms with Crippen molar-refractivity contribution in [3.63, 3.8) is 0 Å².